The van der Waals surface area contributed by atoms with Crippen molar-refractivity contribution < 1.29 is 4.79 Å². The molecule has 2 saturated heterocycles. The summed E-state index contributed by atoms with van der Waals surface area (Å²) >= 11 is 0. The van der Waals surface area contributed by atoms with Gasteiger partial charge in [-0.3, -0.25) is 15.0 Å². The van der Waals surface area contributed by atoms with Gasteiger partial charge in [-0.05, 0) is 37.9 Å². The smallest absolute Gasteiger partial charge is 0.241 e. The third kappa shape index (κ3) is 3.27. The molecule has 2 heterocycles. The molecular weight excluding hydrogens is 262 g/mol. The van der Waals surface area contributed by atoms with Crippen LogP contribution in [0.3, 0.4) is 0 Å². The van der Waals surface area contributed by atoms with Gasteiger partial charge in [0.05, 0.1) is 12.7 Å². The Morgan fingerprint density at radius 2 is 2.10 bits per heavy atom. The van der Waals surface area contributed by atoms with E-state index >= 15 is 0 Å². The molecule has 4 heteroatoms. The van der Waals surface area contributed by atoms with Crippen LogP contribution in [0.25, 0.3) is 0 Å². The lowest BCUT2D eigenvalue weighted by molar-refractivity contribution is -0.129. The molecule has 1 aromatic rings. The summed E-state index contributed by atoms with van der Waals surface area (Å²) in [5.41, 5.74) is 1.22. The standard InChI is InChI=1S/C17H25N3O/c1-2-19-10-6-9-15(19)12-20-13-18-16(17(20)21)11-14-7-4-3-5-8-14/h3-5,7-8,15-16,18H,2,6,9-13H2,1H3. The van der Waals surface area contributed by atoms with Crippen molar-refractivity contribution in [2.24, 2.45) is 0 Å². The summed E-state index contributed by atoms with van der Waals surface area (Å²) in [6.45, 7) is 6.06. The molecule has 2 atom stereocenters. The molecular formula is C17H25N3O. The summed E-state index contributed by atoms with van der Waals surface area (Å²) in [7, 11) is 0. The van der Waals surface area contributed by atoms with E-state index in [2.05, 4.69) is 29.3 Å². The summed E-state index contributed by atoms with van der Waals surface area (Å²) in [5.74, 6) is 0.266. The van der Waals surface area contributed by atoms with Gasteiger partial charge in [-0.25, -0.2) is 0 Å². The Labute approximate surface area is 127 Å². The third-order valence-corrected chi connectivity index (χ3v) is 4.76. The van der Waals surface area contributed by atoms with Crippen LogP contribution in [0.5, 0.6) is 0 Å². The Morgan fingerprint density at radius 1 is 1.29 bits per heavy atom. The molecule has 0 saturated carbocycles. The number of rotatable bonds is 5. The summed E-state index contributed by atoms with van der Waals surface area (Å²) in [5, 5.41) is 3.37. The van der Waals surface area contributed by atoms with Gasteiger partial charge < -0.3 is 4.90 Å². The Balaban J connectivity index is 1.56. The van der Waals surface area contributed by atoms with Gasteiger partial charge in [-0.2, -0.15) is 0 Å². The molecule has 3 rings (SSSR count). The van der Waals surface area contributed by atoms with E-state index in [9.17, 15) is 4.79 Å². The summed E-state index contributed by atoms with van der Waals surface area (Å²) in [6, 6.07) is 10.8. The van der Waals surface area contributed by atoms with Crippen molar-refractivity contribution in [2.45, 2.75) is 38.3 Å². The predicted molar refractivity (Wildman–Crippen MR) is 83.9 cm³/mol. The molecule has 21 heavy (non-hydrogen) atoms. The third-order valence-electron chi connectivity index (χ3n) is 4.76. The Kier molecular flexibility index (Phi) is 4.56. The average Bonchev–Trinajstić information content (AvgIpc) is 3.10. The van der Waals surface area contributed by atoms with Crippen LogP contribution in [0.2, 0.25) is 0 Å². The van der Waals surface area contributed by atoms with Crippen molar-refractivity contribution in [1.29, 1.82) is 0 Å². The SMILES string of the molecule is CCN1CCCC1CN1CNC(Cc2ccccc2)C1=O. The van der Waals surface area contributed by atoms with Crippen LogP contribution in [0.4, 0.5) is 0 Å². The molecule has 0 spiro atoms. The number of amides is 1. The second-order valence-corrected chi connectivity index (χ2v) is 6.09. The lowest BCUT2D eigenvalue weighted by Crippen LogP contribution is -2.42. The highest BCUT2D eigenvalue weighted by Gasteiger charge is 2.34. The maximum Gasteiger partial charge on any atom is 0.241 e. The second-order valence-electron chi connectivity index (χ2n) is 6.09. The van der Waals surface area contributed by atoms with Crippen molar-refractivity contribution in [2.75, 3.05) is 26.3 Å². The number of likely N-dealkylation sites (tertiary alicyclic amines) is 1. The normalized spacial score (nSPS) is 26.7. The maximum absolute atomic E-state index is 12.5. The highest BCUT2D eigenvalue weighted by molar-refractivity contribution is 5.84. The fraction of sp³-hybridized carbons (Fsp3) is 0.588. The van der Waals surface area contributed by atoms with E-state index in [1.165, 1.54) is 24.9 Å². The van der Waals surface area contributed by atoms with Crippen LogP contribution in [-0.4, -0.2) is 54.1 Å². The molecule has 2 aliphatic rings. The van der Waals surface area contributed by atoms with Crippen LogP contribution in [0.1, 0.15) is 25.3 Å². The molecule has 1 aromatic carbocycles. The van der Waals surface area contributed by atoms with Crippen LogP contribution >= 0.6 is 0 Å². The first-order chi connectivity index (χ1) is 10.3. The van der Waals surface area contributed by atoms with Gasteiger partial charge in [0.25, 0.3) is 0 Å². The highest BCUT2D eigenvalue weighted by atomic mass is 16.2. The van der Waals surface area contributed by atoms with Crippen molar-refractivity contribution >= 4 is 5.91 Å². The first-order valence-electron chi connectivity index (χ1n) is 8.08. The molecule has 0 aromatic heterocycles. The lowest BCUT2D eigenvalue weighted by atomic mass is 10.1. The lowest BCUT2D eigenvalue weighted by Gasteiger charge is -2.27. The minimum Gasteiger partial charge on any atom is -0.327 e. The number of likely N-dealkylation sites (N-methyl/N-ethyl adjacent to an activating group) is 1. The maximum atomic E-state index is 12.5. The molecule has 0 radical (unpaired) electrons. The topological polar surface area (TPSA) is 35.6 Å². The molecule has 0 aliphatic carbocycles. The van der Waals surface area contributed by atoms with E-state index in [1.807, 2.05) is 23.1 Å². The van der Waals surface area contributed by atoms with Crippen molar-refractivity contribution in [3.05, 3.63) is 35.9 Å². The number of nitrogens with zero attached hydrogens (tertiary/aromatic N) is 2. The largest absolute Gasteiger partial charge is 0.327 e. The molecule has 1 N–H and O–H groups in total. The van der Waals surface area contributed by atoms with Gasteiger partial charge in [-0.1, -0.05) is 37.3 Å². The van der Waals surface area contributed by atoms with Crippen molar-refractivity contribution in [1.82, 2.24) is 15.1 Å². The Bertz CT molecular complexity index is 476. The zero-order valence-corrected chi connectivity index (χ0v) is 12.8. The molecule has 114 valence electrons. The quantitative estimate of drug-likeness (QED) is 0.891. The van der Waals surface area contributed by atoms with E-state index in [1.54, 1.807) is 0 Å². The average molecular weight is 287 g/mol. The molecule has 2 aliphatic heterocycles. The Hall–Kier alpha value is -1.39. The van der Waals surface area contributed by atoms with E-state index in [0.29, 0.717) is 12.7 Å². The highest BCUT2D eigenvalue weighted by Crippen LogP contribution is 2.19. The number of benzene rings is 1. The van der Waals surface area contributed by atoms with Crippen LogP contribution < -0.4 is 5.32 Å². The van der Waals surface area contributed by atoms with Gasteiger partial charge in [0, 0.05) is 12.6 Å². The number of carbonyl (C=O) groups excluding carboxylic acids is 1. The number of carbonyl (C=O) groups is 1. The van der Waals surface area contributed by atoms with Crippen LogP contribution in [-0.2, 0) is 11.2 Å². The monoisotopic (exact) mass is 287 g/mol. The summed E-state index contributed by atoms with van der Waals surface area (Å²) in [4.78, 5) is 17.0. The van der Waals surface area contributed by atoms with Crippen molar-refractivity contribution in [3.8, 4) is 0 Å². The van der Waals surface area contributed by atoms with E-state index < -0.39 is 0 Å². The molecule has 0 bridgehead atoms. The van der Waals surface area contributed by atoms with Gasteiger partial charge in [0.1, 0.15) is 0 Å². The minimum absolute atomic E-state index is 0.0520. The predicted octanol–water partition coefficient (Wildman–Crippen LogP) is 1.47. The van der Waals surface area contributed by atoms with Crippen LogP contribution in [0, 0.1) is 0 Å². The first kappa shape index (κ1) is 14.5. The number of hydrogen-bond acceptors (Lipinski definition) is 3. The van der Waals surface area contributed by atoms with Gasteiger partial charge >= 0.3 is 0 Å². The van der Waals surface area contributed by atoms with Crippen LogP contribution in [0.15, 0.2) is 30.3 Å². The molecule has 4 nitrogen and oxygen atoms in total. The van der Waals surface area contributed by atoms with Crippen molar-refractivity contribution in [3.63, 3.8) is 0 Å². The van der Waals surface area contributed by atoms with Gasteiger partial charge in [0.15, 0.2) is 0 Å². The molecule has 1 amide bonds. The first-order valence-corrected chi connectivity index (χ1v) is 8.08. The fourth-order valence-corrected chi connectivity index (χ4v) is 3.54. The summed E-state index contributed by atoms with van der Waals surface area (Å²) < 4.78 is 0. The fourth-order valence-electron chi connectivity index (χ4n) is 3.54. The Morgan fingerprint density at radius 3 is 2.86 bits per heavy atom. The zero-order chi connectivity index (χ0) is 14.7. The molecule has 2 fully saturated rings. The van der Waals surface area contributed by atoms with Gasteiger partial charge in [-0.15, -0.1) is 0 Å². The second kappa shape index (κ2) is 6.58. The van der Waals surface area contributed by atoms with Gasteiger partial charge in [0.2, 0.25) is 5.91 Å². The number of nitrogens with one attached hydrogen (secondary N) is 1. The number of hydrogen-bond donors (Lipinski definition) is 1. The van der Waals surface area contributed by atoms with E-state index in [0.717, 1.165) is 19.5 Å². The molecule has 2 unspecified atom stereocenters. The minimum atomic E-state index is -0.0520. The zero-order valence-electron chi connectivity index (χ0n) is 12.8. The van der Waals surface area contributed by atoms with E-state index in [4.69, 9.17) is 0 Å². The van der Waals surface area contributed by atoms with E-state index in [-0.39, 0.29) is 11.9 Å². The summed E-state index contributed by atoms with van der Waals surface area (Å²) in [6.07, 6.45) is 3.28.